The van der Waals surface area contributed by atoms with Gasteiger partial charge in [-0.1, -0.05) is 0 Å². The lowest BCUT2D eigenvalue weighted by atomic mass is 9.85. The summed E-state index contributed by atoms with van der Waals surface area (Å²) in [6, 6.07) is 0.695. The highest BCUT2D eigenvalue weighted by atomic mass is 32.2. The molecular formula is C12H22F3NS. The molecule has 0 aromatic rings. The summed E-state index contributed by atoms with van der Waals surface area (Å²) in [6.45, 7) is 2.12. The van der Waals surface area contributed by atoms with Gasteiger partial charge in [-0.2, -0.15) is 24.9 Å². The van der Waals surface area contributed by atoms with E-state index in [0.717, 1.165) is 12.2 Å². The van der Waals surface area contributed by atoms with Crippen molar-refractivity contribution in [2.45, 2.75) is 57.3 Å². The number of rotatable bonds is 5. The summed E-state index contributed by atoms with van der Waals surface area (Å²) in [6.07, 6.45) is 1.06. The van der Waals surface area contributed by atoms with Crippen LogP contribution >= 0.6 is 11.8 Å². The van der Waals surface area contributed by atoms with E-state index in [4.69, 9.17) is 0 Å². The van der Waals surface area contributed by atoms with Gasteiger partial charge in [-0.3, -0.25) is 0 Å². The van der Waals surface area contributed by atoms with Gasteiger partial charge in [0, 0.05) is 12.1 Å². The minimum absolute atomic E-state index is 0.283. The Labute approximate surface area is 106 Å². The second-order valence-corrected chi connectivity index (χ2v) is 5.92. The average molecular weight is 269 g/mol. The van der Waals surface area contributed by atoms with Gasteiger partial charge in [0.2, 0.25) is 0 Å². The summed E-state index contributed by atoms with van der Waals surface area (Å²) in [4.78, 5) is 0. The Hall–Kier alpha value is 0.100. The van der Waals surface area contributed by atoms with Crippen LogP contribution in [0.25, 0.3) is 0 Å². The van der Waals surface area contributed by atoms with Crippen LogP contribution in [-0.2, 0) is 0 Å². The molecule has 0 amide bonds. The van der Waals surface area contributed by atoms with Crippen molar-refractivity contribution in [1.29, 1.82) is 0 Å². The maximum absolute atomic E-state index is 12.5. The molecule has 102 valence electrons. The molecule has 1 nitrogen and oxygen atoms in total. The minimum atomic E-state index is -3.99. The predicted molar refractivity (Wildman–Crippen MR) is 67.4 cm³/mol. The third-order valence-electron chi connectivity index (χ3n) is 3.47. The Morgan fingerprint density at radius 1 is 1.24 bits per heavy atom. The Balaban J connectivity index is 2.23. The quantitative estimate of drug-likeness (QED) is 0.814. The lowest BCUT2D eigenvalue weighted by Crippen LogP contribution is -2.41. The van der Waals surface area contributed by atoms with Crippen LogP contribution in [0.4, 0.5) is 13.2 Å². The lowest BCUT2D eigenvalue weighted by molar-refractivity contribution is -0.182. The normalized spacial score (nSPS) is 28.1. The summed E-state index contributed by atoms with van der Waals surface area (Å²) in [7, 11) is 0. The molecule has 5 heteroatoms. The van der Waals surface area contributed by atoms with Crippen LogP contribution in [-0.4, -0.2) is 30.3 Å². The van der Waals surface area contributed by atoms with Gasteiger partial charge >= 0.3 is 6.18 Å². The molecule has 0 spiro atoms. The van der Waals surface area contributed by atoms with Crippen LogP contribution in [0.15, 0.2) is 0 Å². The highest BCUT2D eigenvalue weighted by Crippen LogP contribution is 2.37. The molecule has 0 bridgehead atoms. The molecule has 1 atom stereocenters. The molecule has 1 aliphatic rings. The molecule has 1 aliphatic carbocycles. The second-order valence-electron chi connectivity index (χ2n) is 4.94. The van der Waals surface area contributed by atoms with Crippen LogP contribution in [0.2, 0.25) is 0 Å². The van der Waals surface area contributed by atoms with Crippen molar-refractivity contribution in [3.05, 3.63) is 0 Å². The van der Waals surface area contributed by atoms with Crippen molar-refractivity contribution in [3.63, 3.8) is 0 Å². The van der Waals surface area contributed by atoms with Crippen molar-refractivity contribution in [3.8, 4) is 0 Å². The standard InChI is InChI=1S/C12H22F3NS/c1-9(7-8-17-2)16-11-5-3-10(4-6-11)12(13,14)15/h9-11,16H,3-8H2,1-2H3. The fourth-order valence-electron chi connectivity index (χ4n) is 2.37. The molecule has 0 aromatic heterocycles. The van der Waals surface area contributed by atoms with Gasteiger partial charge in [-0.15, -0.1) is 0 Å². The number of thioether (sulfide) groups is 1. The van der Waals surface area contributed by atoms with Gasteiger partial charge < -0.3 is 5.32 Å². The van der Waals surface area contributed by atoms with E-state index in [1.807, 2.05) is 0 Å². The first kappa shape index (κ1) is 15.2. The first-order valence-electron chi connectivity index (χ1n) is 6.25. The zero-order valence-electron chi connectivity index (χ0n) is 10.5. The maximum atomic E-state index is 12.5. The third-order valence-corrected chi connectivity index (χ3v) is 4.11. The summed E-state index contributed by atoms with van der Waals surface area (Å²) >= 11 is 1.81. The van der Waals surface area contributed by atoms with Crippen molar-refractivity contribution in [2.75, 3.05) is 12.0 Å². The summed E-state index contributed by atoms with van der Waals surface area (Å²) in [5.41, 5.74) is 0. The minimum Gasteiger partial charge on any atom is -0.311 e. The van der Waals surface area contributed by atoms with E-state index in [-0.39, 0.29) is 18.9 Å². The summed E-state index contributed by atoms with van der Waals surface area (Å²) in [5.74, 6) is 0.0357. The average Bonchev–Trinajstić information content (AvgIpc) is 2.26. The zero-order chi connectivity index (χ0) is 12.9. The second kappa shape index (κ2) is 6.88. The highest BCUT2D eigenvalue weighted by Gasteiger charge is 2.41. The lowest BCUT2D eigenvalue weighted by Gasteiger charge is -2.32. The Bertz CT molecular complexity index is 212. The molecule has 1 rings (SSSR count). The van der Waals surface area contributed by atoms with Crippen LogP contribution < -0.4 is 5.32 Å². The fourth-order valence-corrected chi connectivity index (χ4v) is 2.96. The van der Waals surface area contributed by atoms with E-state index in [9.17, 15) is 13.2 Å². The van der Waals surface area contributed by atoms with E-state index in [1.54, 1.807) is 11.8 Å². The third kappa shape index (κ3) is 5.51. The predicted octanol–water partition coefficient (Wildman–Crippen LogP) is 3.84. The van der Waals surface area contributed by atoms with Gasteiger partial charge in [0.15, 0.2) is 0 Å². The first-order chi connectivity index (χ1) is 7.93. The molecule has 17 heavy (non-hydrogen) atoms. The zero-order valence-corrected chi connectivity index (χ0v) is 11.3. The molecule has 1 unspecified atom stereocenters. The topological polar surface area (TPSA) is 12.0 Å². The van der Waals surface area contributed by atoms with Gasteiger partial charge in [-0.05, 0) is 51.0 Å². The smallest absolute Gasteiger partial charge is 0.311 e. The van der Waals surface area contributed by atoms with Crippen molar-refractivity contribution in [1.82, 2.24) is 5.32 Å². The maximum Gasteiger partial charge on any atom is 0.391 e. The van der Waals surface area contributed by atoms with Crippen LogP contribution in [0, 0.1) is 5.92 Å². The number of hydrogen-bond donors (Lipinski definition) is 1. The highest BCUT2D eigenvalue weighted by molar-refractivity contribution is 7.98. The van der Waals surface area contributed by atoms with Gasteiger partial charge in [0.05, 0.1) is 5.92 Å². The molecule has 1 N–H and O–H groups in total. The monoisotopic (exact) mass is 269 g/mol. The molecule has 0 aromatic carbocycles. The van der Waals surface area contributed by atoms with E-state index >= 15 is 0 Å². The molecule has 0 aliphatic heterocycles. The molecular weight excluding hydrogens is 247 g/mol. The van der Waals surface area contributed by atoms with Gasteiger partial charge in [0.25, 0.3) is 0 Å². The van der Waals surface area contributed by atoms with E-state index < -0.39 is 12.1 Å². The van der Waals surface area contributed by atoms with Gasteiger partial charge in [-0.25, -0.2) is 0 Å². The van der Waals surface area contributed by atoms with Crippen molar-refractivity contribution >= 4 is 11.8 Å². The molecule has 0 heterocycles. The SMILES string of the molecule is CSCCC(C)NC1CCC(C(F)(F)F)CC1. The Kier molecular flexibility index (Phi) is 6.13. The van der Waals surface area contributed by atoms with E-state index in [2.05, 4.69) is 18.5 Å². The molecule has 1 saturated carbocycles. The Morgan fingerprint density at radius 3 is 2.29 bits per heavy atom. The molecule has 0 saturated heterocycles. The summed E-state index contributed by atoms with van der Waals surface area (Å²) < 4.78 is 37.4. The van der Waals surface area contributed by atoms with Crippen molar-refractivity contribution < 1.29 is 13.2 Å². The summed E-state index contributed by atoms with van der Waals surface area (Å²) in [5, 5.41) is 3.44. The van der Waals surface area contributed by atoms with Gasteiger partial charge in [0.1, 0.15) is 0 Å². The van der Waals surface area contributed by atoms with E-state index in [0.29, 0.717) is 18.9 Å². The number of hydrogen-bond acceptors (Lipinski definition) is 2. The number of alkyl halides is 3. The fraction of sp³-hybridized carbons (Fsp3) is 1.00. The van der Waals surface area contributed by atoms with Crippen LogP contribution in [0.5, 0.6) is 0 Å². The number of nitrogens with one attached hydrogen (secondary N) is 1. The van der Waals surface area contributed by atoms with Crippen molar-refractivity contribution in [2.24, 2.45) is 5.92 Å². The first-order valence-corrected chi connectivity index (χ1v) is 7.64. The molecule has 1 fully saturated rings. The van der Waals surface area contributed by atoms with Crippen LogP contribution in [0.1, 0.15) is 39.0 Å². The largest absolute Gasteiger partial charge is 0.391 e. The van der Waals surface area contributed by atoms with Crippen LogP contribution in [0.3, 0.4) is 0 Å². The Morgan fingerprint density at radius 2 is 1.82 bits per heavy atom. The van der Waals surface area contributed by atoms with E-state index in [1.165, 1.54) is 0 Å². The molecule has 0 radical (unpaired) electrons. The number of halogens is 3.